The molecule has 1 N–H and O–H groups in total. The van der Waals surface area contributed by atoms with Crippen LogP contribution in [0.25, 0.3) is 17.0 Å². The highest BCUT2D eigenvalue weighted by molar-refractivity contribution is 5.87. The second kappa shape index (κ2) is 3.61. The first-order valence-corrected chi connectivity index (χ1v) is 4.63. The monoisotopic (exact) mass is 201 g/mol. The maximum atomic E-state index is 10.4. The molecule has 2 aromatic rings. The Morgan fingerprint density at radius 3 is 2.93 bits per heavy atom. The molecule has 0 unspecified atom stereocenters. The second-order valence-electron chi connectivity index (χ2n) is 3.42. The lowest BCUT2D eigenvalue weighted by atomic mass is 10.1. The smallest absolute Gasteiger partial charge is 0.328 e. The van der Waals surface area contributed by atoms with Gasteiger partial charge in [-0.2, -0.15) is 0 Å². The lowest BCUT2D eigenvalue weighted by Gasteiger charge is -1.97. The summed E-state index contributed by atoms with van der Waals surface area (Å²) in [6.45, 7) is 0. The molecule has 3 heteroatoms. The maximum Gasteiger partial charge on any atom is 0.328 e. The van der Waals surface area contributed by atoms with E-state index in [1.165, 1.54) is 0 Å². The van der Waals surface area contributed by atoms with Gasteiger partial charge < -0.3 is 9.67 Å². The Labute approximate surface area is 87.3 Å². The van der Waals surface area contributed by atoms with Gasteiger partial charge in [-0.15, -0.1) is 0 Å². The standard InChI is InChI=1S/C12H11NO2/c1-13-7-6-10-4-2-9(8-11(10)13)3-5-12(14)15/h2-8H,1H3,(H,14,15). The van der Waals surface area contributed by atoms with Crippen LogP contribution in [0.5, 0.6) is 0 Å². The molecule has 1 aromatic carbocycles. The summed E-state index contributed by atoms with van der Waals surface area (Å²) >= 11 is 0. The molecule has 0 bridgehead atoms. The average Bonchev–Trinajstić information content (AvgIpc) is 2.57. The first-order chi connectivity index (χ1) is 7.16. The van der Waals surface area contributed by atoms with Crippen LogP contribution in [0.15, 0.2) is 36.5 Å². The number of aromatic nitrogens is 1. The van der Waals surface area contributed by atoms with Crippen molar-refractivity contribution in [2.45, 2.75) is 0 Å². The van der Waals surface area contributed by atoms with Crippen molar-refractivity contribution in [3.8, 4) is 0 Å². The van der Waals surface area contributed by atoms with Crippen molar-refractivity contribution < 1.29 is 9.90 Å². The third kappa shape index (κ3) is 1.91. The summed E-state index contributed by atoms with van der Waals surface area (Å²) in [6, 6.07) is 7.88. The minimum absolute atomic E-state index is 0.895. The molecular formula is C12H11NO2. The normalized spacial score (nSPS) is 11.3. The number of carbonyl (C=O) groups is 1. The summed E-state index contributed by atoms with van der Waals surface area (Å²) in [7, 11) is 1.97. The number of nitrogens with zero attached hydrogens (tertiary/aromatic N) is 1. The van der Waals surface area contributed by atoms with Crippen LogP contribution in [-0.4, -0.2) is 15.6 Å². The number of aryl methyl sites for hydroxylation is 1. The van der Waals surface area contributed by atoms with E-state index in [9.17, 15) is 4.79 Å². The number of benzene rings is 1. The molecule has 1 heterocycles. The number of aliphatic carboxylic acids is 1. The molecule has 0 aliphatic rings. The van der Waals surface area contributed by atoms with Gasteiger partial charge in [-0.25, -0.2) is 4.79 Å². The fourth-order valence-corrected chi connectivity index (χ4v) is 1.55. The van der Waals surface area contributed by atoms with Gasteiger partial charge in [-0.1, -0.05) is 12.1 Å². The van der Waals surface area contributed by atoms with Gasteiger partial charge in [0, 0.05) is 24.8 Å². The summed E-state index contributed by atoms with van der Waals surface area (Å²) in [5.74, 6) is -0.929. The number of hydrogen-bond acceptors (Lipinski definition) is 1. The number of carboxylic acids is 1. The van der Waals surface area contributed by atoms with Gasteiger partial charge in [-0.3, -0.25) is 0 Å². The van der Waals surface area contributed by atoms with Crippen LogP contribution in [0.4, 0.5) is 0 Å². The topological polar surface area (TPSA) is 42.2 Å². The van der Waals surface area contributed by atoms with Crippen molar-refractivity contribution in [2.75, 3.05) is 0 Å². The van der Waals surface area contributed by atoms with Gasteiger partial charge in [0.2, 0.25) is 0 Å². The van der Waals surface area contributed by atoms with Crippen molar-refractivity contribution in [3.63, 3.8) is 0 Å². The Bertz CT molecular complexity index is 538. The van der Waals surface area contributed by atoms with Crippen LogP contribution in [0.1, 0.15) is 5.56 Å². The van der Waals surface area contributed by atoms with Crippen molar-refractivity contribution in [2.24, 2.45) is 7.05 Å². The van der Waals surface area contributed by atoms with E-state index in [0.717, 1.165) is 22.5 Å². The van der Waals surface area contributed by atoms with E-state index in [1.54, 1.807) is 6.08 Å². The number of rotatable bonds is 2. The molecular weight excluding hydrogens is 190 g/mol. The molecule has 0 fully saturated rings. The van der Waals surface area contributed by atoms with E-state index in [1.807, 2.05) is 42.1 Å². The Morgan fingerprint density at radius 2 is 2.20 bits per heavy atom. The van der Waals surface area contributed by atoms with E-state index in [2.05, 4.69) is 0 Å². The molecule has 0 spiro atoms. The van der Waals surface area contributed by atoms with Crippen LogP contribution >= 0.6 is 0 Å². The Balaban J connectivity index is 2.46. The highest BCUT2D eigenvalue weighted by Gasteiger charge is 1.97. The third-order valence-corrected chi connectivity index (χ3v) is 2.33. The summed E-state index contributed by atoms with van der Waals surface area (Å²) in [5.41, 5.74) is 1.99. The van der Waals surface area contributed by atoms with Crippen LogP contribution in [-0.2, 0) is 11.8 Å². The molecule has 0 saturated carbocycles. The van der Waals surface area contributed by atoms with E-state index >= 15 is 0 Å². The molecule has 15 heavy (non-hydrogen) atoms. The lowest BCUT2D eigenvalue weighted by molar-refractivity contribution is -0.131. The molecule has 0 amide bonds. The molecule has 0 atom stereocenters. The van der Waals surface area contributed by atoms with E-state index < -0.39 is 5.97 Å². The summed E-state index contributed by atoms with van der Waals surface area (Å²) in [4.78, 5) is 10.4. The zero-order valence-electron chi connectivity index (χ0n) is 8.34. The minimum Gasteiger partial charge on any atom is -0.478 e. The quantitative estimate of drug-likeness (QED) is 0.757. The highest BCUT2D eigenvalue weighted by Crippen LogP contribution is 2.17. The van der Waals surface area contributed by atoms with Gasteiger partial charge in [0.05, 0.1) is 0 Å². The SMILES string of the molecule is Cn1ccc2ccc(C=CC(=O)O)cc21. The number of carboxylic acid groups (broad SMARTS) is 1. The van der Waals surface area contributed by atoms with E-state index in [0.29, 0.717) is 0 Å². The Morgan fingerprint density at radius 1 is 1.40 bits per heavy atom. The first kappa shape index (κ1) is 9.52. The van der Waals surface area contributed by atoms with Crippen LogP contribution < -0.4 is 0 Å². The maximum absolute atomic E-state index is 10.4. The van der Waals surface area contributed by atoms with Crippen LogP contribution in [0, 0.1) is 0 Å². The summed E-state index contributed by atoms with van der Waals surface area (Å²) in [6.07, 6.45) is 4.72. The summed E-state index contributed by atoms with van der Waals surface area (Å²) < 4.78 is 2.01. The molecule has 76 valence electrons. The molecule has 0 aliphatic heterocycles. The van der Waals surface area contributed by atoms with Gasteiger partial charge in [0.1, 0.15) is 0 Å². The minimum atomic E-state index is -0.929. The van der Waals surface area contributed by atoms with Gasteiger partial charge >= 0.3 is 5.97 Å². The zero-order chi connectivity index (χ0) is 10.8. The fourth-order valence-electron chi connectivity index (χ4n) is 1.55. The molecule has 1 aromatic heterocycles. The predicted molar refractivity (Wildman–Crippen MR) is 59.6 cm³/mol. The Kier molecular flexibility index (Phi) is 2.29. The van der Waals surface area contributed by atoms with Crippen LogP contribution in [0.2, 0.25) is 0 Å². The second-order valence-corrected chi connectivity index (χ2v) is 3.42. The number of hydrogen-bond donors (Lipinski definition) is 1. The van der Waals surface area contributed by atoms with Crippen molar-refractivity contribution in [3.05, 3.63) is 42.1 Å². The van der Waals surface area contributed by atoms with Crippen molar-refractivity contribution >= 4 is 22.9 Å². The van der Waals surface area contributed by atoms with Gasteiger partial charge in [0.15, 0.2) is 0 Å². The van der Waals surface area contributed by atoms with Crippen molar-refractivity contribution in [1.29, 1.82) is 0 Å². The molecule has 0 aliphatic carbocycles. The largest absolute Gasteiger partial charge is 0.478 e. The molecule has 0 saturated heterocycles. The number of fused-ring (bicyclic) bond motifs is 1. The molecule has 0 radical (unpaired) electrons. The first-order valence-electron chi connectivity index (χ1n) is 4.63. The predicted octanol–water partition coefficient (Wildman–Crippen LogP) is 2.28. The van der Waals surface area contributed by atoms with Gasteiger partial charge in [0.25, 0.3) is 0 Å². The van der Waals surface area contributed by atoms with E-state index in [-0.39, 0.29) is 0 Å². The Hall–Kier alpha value is -2.03. The fraction of sp³-hybridized carbons (Fsp3) is 0.0833. The lowest BCUT2D eigenvalue weighted by Crippen LogP contribution is -1.87. The average molecular weight is 201 g/mol. The zero-order valence-corrected chi connectivity index (χ0v) is 8.34. The molecule has 2 rings (SSSR count). The van der Waals surface area contributed by atoms with Gasteiger partial charge in [-0.05, 0) is 29.2 Å². The van der Waals surface area contributed by atoms with E-state index in [4.69, 9.17) is 5.11 Å². The highest BCUT2D eigenvalue weighted by atomic mass is 16.4. The van der Waals surface area contributed by atoms with Crippen molar-refractivity contribution in [1.82, 2.24) is 4.57 Å². The third-order valence-electron chi connectivity index (χ3n) is 2.33. The van der Waals surface area contributed by atoms with Crippen LogP contribution in [0.3, 0.4) is 0 Å². The molecule has 3 nitrogen and oxygen atoms in total. The summed E-state index contributed by atoms with van der Waals surface area (Å²) in [5, 5.41) is 9.67.